The molecule has 1 amide bonds. The molecule has 3 N–H and O–H groups in total. The van der Waals surface area contributed by atoms with Gasteiger partial charge in [-0.2, -0.15) is 0 Å². The van der Waals surface area contributed by atoms with E-state index in [9.17, 15) is 9.59 Å². The van der Waals surface area contributed by atoms with Crippen LogP contribution in [0.25, 0.3) is 0 Å². The van der Waals surface area contributed by atoms with Gasteiger partial charge in [0.1, 0.15) is 6.04 Å². The van der Waals surface area contributed by atoms with Crippen molar-refractivity contribution in [3.8, 4) is 12.3 Å². The summed E-state index contributed by atoms with van der Waals surface area (Å²) in [6.45, 7) is 3.60. The van der Waals surface area contributed by atoms with Crippen molar-refractivity contribution in [1.82, 2.24) is 5.32 Å². The highest BCUT2D eigenvalue weighted by Gasteiger charge is 2.26. The van der Waals surface area contributed by atoms with Crippen LogP contribution in [-0.4, -0.2) is 31.1 Å². The maximum atomic E-state index is 11.5. The fraction of sp³-hybridized carbons (Fsp3) is 0.636. The molecule has 90 valence electrons. The van der Waals surface area contributed by atoms with E-state index in [0.29, 0.717) is 0 Å². The molecular weight excluding hydrogens is 208 g/mol. The van der Waals surface area contributed by atoms with Crippen LogP contribution in [0.4, 0.5) is 0 Å². The topological polar surface area (TPSA) is 81.4 Å². The van der Waals surface area contributed by atoms with Gasteiger partial charge in [0.2, 0.25) is 5.91 Å². The molecule has 16 heavy (non-hydrogen) atoms. The molecule has 5 heteroatoms. The Morgan fingerprint density at radius 2 is 2.06 bits per heavy atom. The summed E-state index contributed by atoms with van der Waals surface area (Å²) in [5, 5.41) is 2.52. The van der Waals surface area contributed by atoms with Crippen molar-refractivity contribution in [2.24, 2.45) is 11.7 Å². The number of rotatable bonds is 5. The van der Waals surface area contributed by atoms with Crippen molar-refractivity contribution in [2.75, 3.05) is 7.11 Å². The van der Waals surface area contributed by atoms with Gasteiger partial charge in [-0.05, 0) is 5.92 Å². The molecule has 0 saturated heterocycles. The molecule has 0 saturated carbocycles. The number of methoxy groups -OCH3 is 1. The van der Waals surface area contributed by atoms with Gasteiger partial charge in [0.05, 0.1) is 13.2 Å². The summed E-state index contributed by atoms with van der Waals surface area (Å²) in [6, 6.07) is -1.49. The first-order chi connectivity index (χ1) is 7.43. The fourth-order valence-corrected chi connectivity index (χ4v) is 1.10. The number of hydrogen-bond donors (Lipinski definition) is 2. The predicted octanol–water partition coefficient (Wildman–Crippen LogP) is -0.349. The average Bonchev–Trinajstić information content (AvgIpc) is 2.24. The first-order valence-electron chi connectivity index (χ1n) is 5.01. The van der Waals surface area contributed by atoms with Gasteiger partial charge in [-0.1, -0.05) is 13.8 Å². The lowest BCUT2D eigenvalue weighted by Gasteiger charge is -2.21. The van der Waals surface area contributed by atoms with Gasteiger partial charge in [0.25, 0.3) is 0 Å². The Balaban J connectivity index is 4.47. The summed E-state index contributed by atoms with van der Waals surface area (Å²) >= 11 is 0. The van der Waals surface area contributed by atoms with Crippen molar-refractivity contribution in [1.29, 1.82) is 0 Å². The zero-order valence-electron chi connectivity index (χ0n) is 9.82. The maximum Gasteiger partial charge on any atom is 0.328 e. The van der Waals surface area contributed by atoms with E-state index in [2.05, 4.69) is 16.0 Å². The van der Waals surface area contributed by atoms with Crippen LogP contribution in [0.3, 0.4) is 0 Å². The molecule has 0 aromatic rings. The number of nitrogens with two attached hydrogens (primary N) is 1. The van der Waals surface area contributed by atoms with Gasteiger partial charge in [0, 0.05) is 6.42 Å². The van der Waals surface area contributed by atoms with Crippen LogP contribution in [0, 0.1) is 18.3 Å². The van der Waals surface area contributed by atoms with Crippen molar-refractivity contribution in [3.05, 3.63) is 0 Å². The molecule has 0 heterocycles. The van der Waals surface area contributed by atoms with Crippen molar-refractivity contribution in [3.63, 3.8) is 0 Å². The number of terminal acetylenes is 1. The van der Waals surface area contributed by atoms with Crippen LogP contribution in [-0.2, 0) is 14.3 Å². The van der Waals surface area contributed by atoms with Crippen molar-refractivity contribution >= 4 is 11.9 Å². The minimum Gasteiger partial charge on any atom is -0.467 e. The third-order valence-corrected chi connectivity index (χ3v) is 2.09. The van der Waals surface area contributed by atoms with Crippen LogP contribution in [0.15, 0.2) is 0 Å². The van der Waals surface area contributed by atoms with E-state index in [1.165, 1.54) is 7.11 Å². The van der Waals surface area contributed by atoms with E-state index in [-0.39, 0.29) is 12.3 Å². The number of esters is 1. The van der Waals surface area contributed by atoms with Crippen LogP contribution in [0.1, 0.15) is 20.3 Å². The molecule has 0 spiro atoms. The summed E-state index contributed by atoms with van der Waals surface area (Å²) in [6.07, 6.45) is 5.18. The number of carbonyl (C=O) groups is 2. The SMILES string of the molecule is C#CCC(N)C(=O)N[C@H](C(=O)OC)C(C)C. The lowest BCUT2D eigenvalue weighted by Crippen LogP contribution is -2.50. The quantitative estimate of drug-likeness (QED) is 0.496. The largest absolute Gasteiger partial charge is 0.467 e. The standard InChI is InChI=1S/C11H18N2O3/c1-5-6-8(12)10(14)13-9(7(2)3)11(15)16-4/h1,7-9H,6,12H2,2-4H3,(H,13,14)/t8?,9-/m0/s1. The molecule has 0 aromatic heterocycles. The summed E-state index contributed by atoms with van der Waals surface area (Å²) in [5.74, 6) is 1.29. The van der Waals surface area contributed by atoms with Gasteiger partial charge in [-0.3, -0.25) is 4.79 Å². The van der Waals surface area contributed by atoms with Gasteiger partial charge in [0.15, 0.2) is 0 Å². The average molecular weight is 226 g/mol. The zero-order chi connectivity index (χ0) is 12.7. The summed E-state index contributed by atoms with van der Waals surface area (Å²) in [4.78, 5) is 22.9. The highest BCUT2D eigenvalue weighted by atomic mass is 16.5. The lowest BCUT2D eigenvalue weighted by atomic mass is 10.0. The summed E-state index contributed by atoms with van der Waals surface area (Å²) in [7, 11) is 1.27. The molecule has 0 aliphatic rings. The second-order valence-corrected chi connectivity index (χ2v) is 3.77. The van der Waals surface area contributed by atoms with Crippen LogP contribution >= 0.6 is 0 Å². The third-order valence-electron chi connectivity index (χ3n) is 2.09. The Bertz CT molecular complexity index is 294. The fourth-order valence-electron chi connectivity index (χ4n) is 1.10. The van der Waals surface area contributed by atoms with E-state index in [0.717, 1.165) is 0 Å². The Hall–Kier alpha value is -1.54. The van der Waals surface area contributed by atoms with Gasteiger partial charge >= 0.3 is 5.97 Å². The normalized spacial score (nSPS) is 13.8. The van der Waals surface area contributed by atoms with Gasteiger partial charge in [-0.25, -0.2) is 4.79 Å². The number of nitrogens with one attached hydrogen (secondary N) is 1. The highest BCUT2D eigenvalue weighted by molar-refractivity contribution is 5.87. The molecule has 0 bridgehead atoms. The third kappa shape index (κ3) is 4.32. The first-order valence-corrected chi connectivity index (χ1v) is 5.01. The zero-order valence-corrected chi connectivity index (χ0v) is 9.82. The van der Waals surface area contributed by atoms with Gasteiger partial charge in [-0.15, -0.1) is 12.3 Å². The lowest BCUT2D eigenvalue weighted by molar-refractivity contribution is -0.146. The minimum atomic E-state index is -0.795. The van der Waals surface area contributed by atoms with Crippen LogP contribution < -0.4 is 11.1 Å². The molecule has 1 unspecified atom stereocenters. The van der Waals surface area contributed by atoms with Gasteiger partial charge < -0.3 is 15.8 Å². The monoisotopic (exact) mass is 226 g/mol. The number of carbonyl (C=O) groups excluding carboxylic acids is 2. The van der Waals surface area contributed by atoms with E-state index in [1.807, 2.05) is 0 Å². The molecule has 0 aromatic carbocycles. The molecular formula is C11H18N2O3. The second kappa shape index (κ2) is 6.85. The Kier molecular flexibility index (Phi) is 6.19. The van der Waals surface area contributed by atoms with Crippen molar-refractivity contribution in [2.45, 2.75) is 32.4 Å². The smallest absolute Gasteiger partial charge is 0.328 e. The summed E-state index contributed by atoms with van der Waals surface area (Å²) < 4.78 is 4.58. The maximum absolute atomic E-state index is 11.5. The summed E-state index contributed by atoms with van der Waals surface area (Å²) in [5.41, 5.74) is 5.51. The van der Waals surface area contributed by atoms with E-state index >= 15 is 0 Å². The van der Waals surface area contributed by atoms with Crippen LogP contribution in [0.5, 0.6) is 0 Å². The minimum absolute atomic E-state index is 0.0746. The highest BCUT2D eigenvalue weighted by Crippen LogP contribution is 2.04. The number of hydrogen-bond acceptors (Lipinski definition) is 4. The Morgan fingerprint density at radius 1 is 1.50 bits per heavy atom. The molecule has 0 fully saturated rings. The van der Waals surface area contributed by atoms with E-state index in [1.54, 1.807) is 13.8 Å². The Morgan fingerprint density at radius 3 is 2.44 bits per heavy atom. The molecule has 0 rings (SSSR count). The number of ether oxygens (including phenoxy) is 1. The number of amides is 1. The molecule has 2 atom stereocenters. The predicted molar refractivity (Wildman–Crippen MR) is 60.2 cm³/mol. The van der Waals surface area contributed by atoms with E-state index < -0.39 is 24.0 Å². The van der Waals surface area contributed by atoms with Crippen LogP contribution in [0.2, 0.25) is 0 Å². The molecule has 0 radical (unpaired) electrons. The van der Waals surface area contributed by atoms with E-state index in [4.69, 9.17) is 12.2 Å². The Labute approximate surface area is 95.7 Å². The molecule has 5 nitrogen and oxygen atoms in total. The van der Waals surface area contributed by atoms with Crippen molar-refractivity contribution < 1.29 is 14.3 Å². The molecule has 0 aliphatic carbocycles. The molecule has 0 aliphatic heterocycles. The first kappa shape index (κ1) is 14.5. The second-order valence-electron chi connectivity index (χ2n) is 3.77.